The third kappa shape index (κ3) is 3.80. The summed E-state index contributed by atoms with van der Waals surface area (Å²) in [5.41, 5.74) is 5.99. The topological polar surface area (TPSA) is 113 Å². The van der Waals surface area contributed by atoms with E-state index < -0.39 is 15.6 Å². The third-order valence-corrected chi connectivity index (χ3v) is 10.8. The fourth-order valence-corrected chi connectivity index (χ4v) is 9.13. The summed E-state index contributed by atoms with van der Waals surface area (Å²) in [6.07, 6.45) is 5.02. The maximum Gasteiger partial charge on any atom is 0.304 e. The van der Waals surface area contributed by atoms with Crippen molar-refractivity contribution in [3.63, 3.8) is 0 Å². The standard InChI is InChI=1S/C26H32N4O4S/c27-25(32)26-13-17-10-20(14-26)24(21(11-17)15-26)28-23(31)16-29-8-3-9-30(35(29,33)34)22-7-6-18-4-1-2-5-19(18)12-22/h1-2,4-7,12,17,20-21,24H,3,8-11,13-16H2,(H2,27,32)(H,28,31). The number of carbonyl (C=O) groups is 2. The zero-order valence-electron chi connectivity index (χ0n) is 19.7. The second-order valence-corrected chi connectivity index (χ2v) is 12.9. The van der Waals surface area contributed by atoms with Crippen LogP contribution in [0.1, 0.15) is 38.5 Å². The van der Waals surface area contributed by atoms with Gasteiger partial charge in [0.15, 0.2) is 0 Å². The Balaban J connectivity index is 1.16. The summed E-state index contributed by atoms with van der Waals surface area (Å²) < 4.78 is 29.6. The lowest BCUT2D eigenvalue weighted by Gasteiger charge is -2.58. The predicted octanol–water partition coefficient (Wildman–Crippen LogP) is 2.39. The van der Waals surface area contributed by atoms with E-state index in [1.54, 1.807) is 0 Å². The molecule has 4 saturated carbocycles. The molecule has 9 heteroatoms. The van der Waals surface area contributed by atoms with Crippen LogP contribution in [0.25, 0.3) is 10.8 Å². The Hall–Kier alpha value is -2.65. The molecule has 0 radical (unpaired) electrons. The highest BCUT2D eigenvalue weighted by molar-refractivity contribution is 7.90. The van der Waals surface area contributed by atoms with E-state index in [-0.39, 0.29) is 36.2 Å². The largest absolute Gasteiger partial charge is 0.369 e. The van der Waals surface area contributed by atoms with Crippen molar-refractivity contribution < 1.29 is 18.0 Å². The van der Waals surface area contributed by atoms with Crippen LogP contribution in [0.15, 0.2) is 42.5 Å². The maximum absolute atomic E-state index is 13.5. The SMILES string of the molecule is NC(=O)C12CC3CC(C1)C(NC(=O)CN1CCCN(c4ccc5ccccc5c4)S1(=O)=O)C(C3)C2. The Bertz CT molecular complexity index is 1280. The van der Waals surface area contributed by atoms with Crippen molar-refractivity contribution in [3.8, 4) is 0 Å². The zero-order chi connectivity index (χ0) is 24.4. The third-order valence-electron chi connectivity index (χ3n) is 8.84. The second-order valence-electron chi connectivity index (χ2n) is 11.0. The molecular formula is C26H32N4O4S. The Morgan fingerprint density at radius 2 is 1.71 bits per heavy atom. The summed E-state index contributed by atoms with van der Waals surface area (Å²) >= 11 is 0. The molecular weight excluding hydrogens is 464 g/mol. The number of hydrogen-bond acceptors (Lipinski definition) is 4. The van der Waals surface area contributed by atoms with Gasteiger partial charge in [-0.3, -0.25) is 13.9 Å². The first-order valence-corrected chi connectivity index (χ1v) is 14.0. The summed E-state index contributed by atoms with van der Waals surface area (Å²) in [6.45, 7) is 0.527. The highest BCUT2D eigenvalue weighted by Crippen LogP contribution is 2.59. The lowest BCUT2D eigenvalue weighted by atomic mass is 9.47. The summed E-state index contributed by atoms with van der Waals surface area (Å²) in [7, 11) is -3.82. The van der Waals surface area contributed by atoms with Gasteiger partial charge in [-0.05, 0) is 79.2 Å². The van der Waals surface area contributed by atoms with E-state index in [2.05, 4.69) is 5.32 Å². The van der Waals surface area contributed by atoms with Gasteiger partial charge in [0, 0.05) is 24.5 Å². The van der Waals surface area contributed by atoms with Crippen molar-refractivity contribution in [1.82, 2.24) is 9.62 Å². The van der Waals surface area contributed by atoms with Gasteiger partial charge in [-0.2, -0.15) is 12.7 Å². The van der Waals surface area contributed by atoms with Crippen LogP contribution in [0.5, 0.6) is 0 Å². The molecule has 3 N–H and O–H groups in total. The quantitative estimate of drug-likeness (QED) is 0.662. The van der Waals surface area contributed by atoms with Crippen molar-refractivity contribution in [1.29, 1.82) is 0 Å². The fraction of sp³-hybridized carbons (Fsp3) is 0.538. The van der Waals surface area contributed by atoms with E-state index in [1.165, 1.54) is 8.61 Å². The molecule has 186 valence electrons. The number of hydrogen-bond donors (Lipinski definition) is 2. The van der Waals surface area contributed by atoms with Crippen LogP contribution in [0, 0.1) is 23.2 Å². The Labute approximate surface area is 206 Å². The smallest absolute Gasteiger partial charge is 0.304 e. The van der Waals surface area contributed by atoms with Gasteiger partial charge < -0.3 is 11.1 Å². The number of rotatable bonds is 5. The van der Waals surface area contributed by atoms with Crippen LogP contribution in [-0.4, -0.2) is 50.2 Å². The normalized spacial score (nSPS) is 33.7. The van der Waals surface area contributed by atoms with Crippen molar-refractivity contribution >= 4 is 38.5 Å². The van der Waals surface area contributed by atoms with Crippen molar-refractivity contribution in [2.75, 3.05) is 23.9 Å². The minimum Gasteiger partial charge on any atom is -0.369 e. The van der Waals surface area contributed by atoms with Crippen molar-refractivity contribution in [2.24, 2.45) is 28.9 Å². The molecule has 35 heavy (non-hydrogen) atoms. The van der Waals surface area contributed by atoms with E-state index in [0.29, 0.717) is 31.1 Å². The molecule has 0 aromatic heterocycles. The van der Waals surface area contributed by atoms with Crippen LogP contribution in [-0.2, 0) is 19.8 Å². The Morgan fingerprint density at radius 1 is 1.00 bits per heavy atom. The molecule has 8 nitrogen and oxygen atoms in total. The number of nitrogens with one attached hydrogen (secondary N) is 1. The van der Waals surface area contributed by atoms with Gasteiger partial charge in [-0.1, -0.05) is 30.3 Å². The number of nitrogens with zero attached hydrogens (tertiary/aromatic N) is 2. The molecule has 2 amide bonds. The molecule has 4 bridgehead atoms. The molecule has 2 aromatic rings. The average molecular weight is 497 g/mol. The number of anilines is 1. The molecule has 1 heterocycles. The highest BCUT2D eigenvalue weighted by Gasteiger charge is 2.58. The highest BCUT2D eigenvalue weighted by atomic mass is 32.2. The van der Waals surface area contributed by atoms with E-state index >= 15 is 0 Å². The van der Waals surface area contributed by atoms with E-state index in [4.69, 9.17) is 5.73 Å². The molecule has 5 aliphatic rings. The first-order chi connectivity index (χ1) is 16.7. The number of primary amides is 1. The predicted molar refractivity (Wildman–Crippen MR) is 134 cm³/mol. The molecule has 2 aromatic carbocycles. The van der Waals surface area contributed by atoms with Gasteiger partial charge in [-0.15, -0.1) is 0 Å². The number of benzene rings is 2. The molecule has 5 fully saturated rings. The Kier molecular flexibility index (Phi) is 5.34. The van der Waals surface area contributed by atoms with E-state index in [1.807, 2.05) is 42.5 Å². The maximum atomic E-state index is 13.5. The van der Waals surface area contributed by atoms with E-state index in [9.17, 15) is 18.0 Å². The summed E-state index contributed by atoms with van der Waals surface area (Å²) in [5, 5.41) is 5.20. The molecule has 2 atom stereocenters. The zero-order valence-corrected chi connectivity index (χ0v) is 20.5. The summed E-state index contributed by atoms with van der Waals surface area (Å²) in [5.74, 6) is 0.523. The van der Waals surface area contributed by atoms with Crippen LogP contribution in [0.2, 0.25) is 0 Å². The first-order valence-electron chi connectivity index (χ1n) is 12.6. The van der Waals surface area contributed by atoms with E-state index in [0.717, 1.165) is 42.9 Å². The minimum absolute atomic E-state index is 0.00406. The average Bonchev–Trinajstić information content (AvgIpc) is 2.82. The first kappa shape index (κ1) is 22.8. The number of amides is 2. The molecule has 4 aliphatic carbocycles. The summed E-state index contributed by atoms with van der Waals surface area (Å²) in [4.78, 5) is 25.3. The Morgan fingerprint density at radius 3 is 2.43 bits per heavy atom. The second kappa shape index (κ2) is 8.20. The van der Waals surface area contributed by atoms with Crippen LogP contribution in [0.4, 0.5) is 5.69 Å². The molecule has 1 aliphatic heterocycles. The molecule has 7 rings (SSSR count). The number of carbonyl (C=O) groups excluding carboxylic acids is 2. The van der Waals surface area contributed by atoms with Crippen LogP contribution in [0.3, 0.4) is 0 Å². The number of fused-ring (bicyclic) bond motifs is 1. The minimum atomic E-state index is -3.82. The van der Waals surface area contributed by atoms with Gasteiger partial charge >= 0.3 is 10.2 Å². The lowest BCUT2D eigenvalue weighted by molar-refractivity contribution is -0.147. The molecule has 1 saturated heterocycles. The van der Waals surface area contributed by atoms with Crippen LogP contribution < -0.4 is 15.4 Å². The van der Waals surface area contributed by atoms with Gasteiger partial charge in [0.05, 0.1) is 12.2 Å². The monoisotopic (exact) mass is 496 g/mol. The molecule has 2 unspecified atom stereocenters. The number of nitrogens with two attached hydrogens (primary N) is 1. The van der Waals surface area contributed by atoms with Gasteiger partial charge in [0.25, 0.3) is 0 Å². The molecule has 0 spiro atoms. The van der Waals surface area contributed by atoms with Gasteiger partial charge in [-0.25, -0.2) is 0 Å². The van der Waals surface area contributed by atoms with Crippen molar-refractivity contribution in [2.45, 2.75) is 44.6 Å². The lowest BCUT2D eigenvalue weighted by Crippen LogP contribution is -2.63. The van der Waals surface area contributed by atoms with Gasteiger partial charge in [0.2, 0.25) is 11.8 Å². The van der Waals surface area contributed by atoms with Crippen molar-refractivity contribution in [3.05, 3.63) is 42.5 Å². The van der Waals surface area contributed by atoms with Gasteiger partial charge in [0.1, 0.15) is 0 Å². The fourth-order valence-electron chi connectivity index (χ4n) is 7.47. The summed E-state index contributed by atoms with van der Waals surface area (Å²) in [6, 6.07) is 13.5. The van der Waals surface area contributed by atoms with Crippen LogP contribution >= 0.6 is 0 Å².